The molecule has 0 aromatic rings. The number of piperazine rings is 1. The van der Waals surface area contributed by atoms with E-state index in [1.165, 1.54) is 11.4 Å². The molecule has 0 aliphatic carbocycles. The molecule has 6 nitrogen and oxygen atoms in total. The normalized spacial score (nSPS) is 21.1. The Balaban J connectivity index is 2.72. The molecule has 1 fully saturated rings. The second kappa shape index (κ2) is 5.32. The van der Waals surface area contributed by atoms with E-state index in [0.29, 0.717) is 19.6 Å². The maximum Gasteiger partial charge on any atom is 0.306 e. The van der Waals surface area contributed by atoms with Gasteiger partial charge in [-0.15, -0.1) is 0 Å². The van der Waals surface area contributed by atoms with E-state index in [9.17, 15) is 13.2 Å². The van der Waals surface area contributed by atoms with E-state index in [-0.39, 0.29) is 12.2 Å². The predicted molar refractivity (Wildman–Crippen MR) is 64.1 cm³/mol. The molecular weight excluding hydrogens is 244 g/mol. The van der Waals surface area contributed by atoms with Gasteiger partial charge in [0.05, 0.1) is 19.3 Å². The zero-order valence-corrected chi connectivity index (χ0v) is 11.3. The predicted octanol–water partition coefficient (Wildman–Crippen LogP) is -0.437. The van der Waals surface area contributed by atoms with Crippen LogP contribution in [-0.4, -0.2) is 56.7 Å². The van der Waals surface area contributed by atoms with E-state index >= 15 is 0 Å². The summed E-state index contributed by atoms with van der Waals surface area (Å²) in [6.45, 7) is 5.44. The van der Waals surface area contributed by atoms with E-state index in [2.05, 4.69) is 10.1 Å². The quantitative estimate of drug-likeness (QED) is 0.697. The van der Waals surface area contributed by atoms with E-state index in [1.54, 1.807) is 0 Å². The molecule has 0 radical (unpaired) electrons. The number of rotatable bonds is 4. The fourth-order valence-corrected chi connectivity index (χ4v) is 3.74. The van der Waals surface area contributed by atoms with Gasteiger partial charge in [0.15, 0.2) is 0 Å². The Morgan fingerprint density at radius 2 is 2.12 bits per heavy atom. The lowest BCUT2D eigenvalue weighted by Crippen LogP contribution is -2.60. The Bertz CT molecular complexity index is 378. The van der Waals surface area contributed by atoms with Gasteiger partial charge in [-0.05, 0) is 13.8 Å². The second-order valence-electron chi connectivity index (χ2n) is 4.70. The minimum absolute atomic E-state index is 0.0984. The Labute approximate surface area is 102 Å². The SMILES string of the molecule is COC(=O)CCS(=O)(=O)N1CCNCC1(C)C. The fourth-order valence-electron chi connectivity index (χ4n) is 1.91. The van der Waals surface area contributed by atoms with Gasteiger partial charge < -0.3 is 10.1 Å². The van der Waals surface area contributed by atoms with Crippen LogP contribution in [0.4, 0.5) is 0 Å². The second-order valence-corrected chi connectivity index (χ2v) is 6.72. The smallest absolute Gasteiger partial charge is 0.306 e. The topological polar surface area (TPSA) is 75.7 Å². The number of sulfonamides is 1. The highest BCUT2D eigenvalue weighted by Gasteiger charge is 2.37. The van der Waals surface area contributed by atoms with Crippen LogP contribution in [0.5, 0.6) is 0 Å². The zero-order chi connectivity index (χ0) is 13.1. The number of carbonyl (C=O) groups is 1. The van der Waals surface area contributed by atoms with Gasteiger partial charge in [0.1, 0.15) is 0 Å². The van der Waals surface area contributed by atoms with E-state index < -0.39 is 21.5 Å². The Kier molecular flexibility index (Phi) is 4.51. The van der Waals surface area contributed by atoms with Crippen LogP contribution in [-0.2, 0) is 19.6 Å². The first-order chi connectivity index (χ1) is 7.79. The third-order valence-corrected chi connectivity index (χ3v) is 4.92. The van der Waals surface area contributed by atoms with Crippen LogP contribution in [0.15, 0.2) is 0 Å². The molecule has 0 saturated carbocycles. The van der Waals surface area contributed by atoms with Crippen molar-refractivity contribution in [2.45, 2.75) is 25.8 Å². The van der Waals surface area contributed by atoms with Crippen LogP contribution in [0.1, 0.15) is 20.3 Å². The first-order valence-corrected chi connectivity index (χ1v) is 7.18. The largest absolute Gasteiger partial charge is 0.469 e. The van der Waals surface area contributed by atoms with Gasteiger partial charge in [0.2, 0.25) is 10.0 Å². The summed E-state index contributed by atoms with van der Waals surface area (Å²) in [7, 11) is -2.15. The van der Waals surface area contributed by atoms with Gasteiger partial charge in [-0.1, -0.05) is 0 Å². The summed E-state index contributed by atoms with van der Waals surface area (Å²) >= 11 is 0. The van der Waals surface area contributed by atoms with Gasteiger partial charge >= 0.3 is 5.97 Å². The van der Waals surface area contributed by atoms with Gasteiger partial charge in [0, 0.05) is 25.2 Å². The fraction of sp³-hybridized carbons (Fsp3) is 0.900. The number of esters is 1. The van der Waals surface area contributed by atoms with Crippen LogP contribution in [0.2, 0.25) is 0 Å². The van der Waals surface area contributed by atoms with Gasteiger partial charge in [0.25, 0.3) is 0 Å². The van der Waals surface area contributed by atoms with E-state index in [1.807, 2.05) is 13.8 Å². The molecule has 1 N–H and O–H groups in total. The summed E-state index contributed by atoms with van der Waals surface area (Å²) < 4.78 is 30.1. The average Bonchev–Trinajstić information content (AvgIpc) is 2.25. The van der Waals surface area contributed by atoms with Crippen molar-refractivity contribution in [3.8, 4) is 0 Å². The highest BCUT2D eigenvalue weighted by atomic mass is 32.2. The number of ether oxygens (including phenoxy) is 1. The molecule has 0 atom stereocenters. The minimum atomic E-state index is -3.40. The van der Waals surface area contributed by atoms with Crippen molar-refractivity contribution in [2.24, 2.45) is 0 Å². The van der Waals surface area contributed by atoms with Crippen LogP contribution in [0.25, 0.3) is 0 Å². The van der Waals surface area contributed by atoms with Crippen molar-refractivity contribution < 1.29 is 17.9 Å². The standard InChI is InChI=1S/C10H20N2O4S/c1-10(2)8-11-5-6-12(10)17(14,15)7-4-9(13)16-3/h11H,4-8H2,1-3H3. The summed E-state index contributed by atoms with van der Waals surface area (Å²) in [6, 6.07) is 0. The molecule has 0 unspecified atom stereocenters. The first-order valence-electron chi connectivity index (χ1n) is 5.58. The summed E-state index contributed by atoms with van der Waals surface area (Å²) in [5, 5.41) is 3.16. The van der Waals surface area contributed by atoms with Gasteiger partial charge in [-0.2, -0.15) is 4.31 Å². The Hall–Kier alpha value is -0.660. The van der Waals surface area contributed by atoms with Crippen LogP contribution in [0, 0.1) is 0 Å². The molecule has 1 aliphatic rings. The molecule has 0 aromatic heterocycles. The van der Waals surface area contributed by atoms with Crippen molar-refractivity contribution in [3.63, 3.8) is 0 Å². The van der Waals surface area contributed by atoms with Gasteiger partial charge in [-0.25, -0.2) is 8.42 Å². The van der Waals surface area contributed by atoms with Crippen molar-refractivity contribution in [1.82, 2.24) is 9.62 Å². The van der Waals surface area contributed by atoms with Crippen molar-refractivity contribution in [3.05, 3.63) is 0 Å². The van der Waals surface area contributed by atoms with E-state index in [4.69, 9.17) is 0 Å². The highest BCUT2D eigenvalue weighted by Crippen LogP contribution is 2.21. The van der Waals surface area contributed by atoms with Gasteiger partial charge in [-0.3, -0.25) is 4.79 Å². The Morgan fingerprint density at radius 3 is 2.65 bits per heavy atom. The molecule has 1 rings (SSSR count). The molecule has 0 bridgehead atoms. The molecule has 0 amide bonds. The number of hydrogen-bond donors (Lipinski definition) is 1. The molecule has 1 aliphatic heterocycles. The third kappa shape index (κ3) is 3.65. The lowest BCUT2D eigenvalue weighted by Gasteiger charge is -2.41. The highest BCUT2D eigenvalue weighted by molar-refractivity contribution is 7.89. The third-order valence-electron chi connectivity index (χ3n) is 2.85. The molecule has 0 aromatic carbocycles. The molecule has 1 heterocycles. The molecule has 0 spiro atoms. The maximum atomic E-state index is 12.1. The molecule has 100 valence electrons. The van der Waals surface area contributed by atoms with Crippen LogP contribution < -0.4 is 5.32 Å². The number of hydrogen-bond acceptors (Lipinski definition) is 5. The number of nitrogens with zero attached hydrogens (tertiary/aromatic N) is 1. The van der Waals surface area contributed by atoms with Crippen molar-refractivity contribution in [1.29, 1.82) is 0 Å². The van der Waals surface area contributed by atoms with E-state index in [0.717, 1.165) is 0 Å². The van der Waals surface area contributed by atoms with Crippen LogP contribution >= 0.6 is 0 Å². The average molecular weight is 264 g/mol. The lowest BCUT2D eigenvalue weighted by molar-refractivity contribution is -0.140. The monoisotopic (exact) mass is 264 g/mol. The minimum Gasteiger partial charge on any atom is -0.469 e. The molecule has 7 heteroatoms. The summed E-state index contributed by atoms with van der Waals surface area (Å²) in [5.74, 6) is -0.690. The molecular formula is C10H20N2O4S. The summed E-state index contributed by atoms with van der Waals surface area (Å²) in [5.41, 5.74) is -0.451. The number of carbonyl (C=O) groups excluding carboxylic acids is 1. The first kappa shape index (κ1) is 14.4. The van der Waals surface area contributed by atoms with Crippen LogP contribution in [0.3, 0.4) is 0 Å². The van der Waals surface area contributed by atoms with Crippen molar-refractivity contribution in [2.75, 3.05) is 32.5 Å². The number of methoxy groups -OCH3 is 1. The zero-order valence-electron chi connectivity index (χ0n) is 10.5. The summed E-state index contributed by atoms with van der Waals surface area (Å²) in [4.78, 5) is 11.0. The Morgan fingerprint density at radius 1 is 1.47 bits per heavy atom. The maximum absolute atomic E-state index is 12.1. The molecule has 1 saturated heterocycles. The number of nitrogens with one attached hydrogen (secondary N) is 1. The van der Waals surface area contributed by atoms with Crippen molar-refractivity contribution >= 4 is 16.0 Å². The summed E-state index contributed by atoms with van der Waals surface area (Å²) in [6.07, 6.45) is -0.0984. The lowest BCUT2D eigenvalue weighted by atomic mass is 10.0. The molecule has 17 heavy (non-hydrogen) atoms.